The topological polar surface area (TPSA) is 79.5 Å². The van der Waals surface area contributed by atoms with Crippen LogP contribution in [-0.4, -0.2) is 34.7 Å². The molecule has 2 heterocycles. The predicted molar refractivity (Wildman–Crippen MR) is 80.4 cm³/mol. The van der Waals surface area contributed by atoms with Crippen LogP contribution in [0.15, 0.2) is 30.5 Å². The number of nitro benzene ring substituents is 1. The van der Waals surface area contributed by atoms with Crippen molar-refractivity contribution in [1.29, 1.82) is 0 Å². The Morgan fingerprint density at radius 2 is 2.29 bits per heavy atom. The van der Waals surface area contributed by atoms with Gasteiger partial charge in [-0.25, -0.2) is 4.98 Å². The van der Waals surface area contributed by atoms with Crippen LogP contribution in [0.5, 0.6) is 0 Å². The fourth-order valence-electron chi connectivity index (χ4n) is 3.00. The van der Waals surface area contributed by atoms with E-state index in [4.69, 9.17) is 0 Å². The number of hydrogen-bond donors (Lipinski definition) is 1. The molecule has 1 saturated heterocycles. The average molecular weight is 287 g/mol. The molecule has 21 heavy (non-hydrogen) atoms. The average Bonchev–Trinajstić information content (AvgIpc) is 2.53. The number of pyridine rings is 1. The third kappa shape index (κ3) is 2.54. The Morgan fingerprint density at radius 3 is 3.05 bits per heavy atom. The molecule has 1 aromatic carbocycles. The van der Waals surface area contributed by atoms with Gasteiger partial charge in [0.1, 0.15) is 5.52 Å². The predicted octanol–water partition coefficient (Wildman–Crippen LogP) is 2.35. The Hall–Kier alpha value is -2.21. The van der Waals surface area contributed by atoms with E-state index in [1.165, 1.54) is 6.07 Å². The number of aromatic nitrogens is 1. The van der Waals surface area contributed by atoms with Crippen molar-refractivity contribution < 1.29 is 10.0 Å². The SMILES string of the molecule is O=[N+]([O-])c1cccc2c(N3CCCC(CO)C3)ccnc12. The van der Waals surface area contributed by atoms with Crippen molar-refractivity contribution in [2.45, 2.75) is 12.8 Å². The Morgan fingerprint density at radius 1 is 1.43 bits per heavy atom. The Bertz CT molecular complexity index is 674. The Labute approximate surface area is 122 Å². The molecule has 1 aliphatic heterocycles. The van der Waals surface area contributed by atoms with Gasteiger partial charge in [0.05, 0.1) is 4.92 Å². The number of aliphatic hydroxyl groups is 1. The molecule has 6 nitrogen and oxygen atoms in total. The van der Waals surface area contributed by atoms with Crippen LogP contribution >= 0.6 is 0 Å². The Balaban J connectivity index is 2.07. The van der Waals surface area contributed by atoms with Gasteiger partial charge in [-0.15, -0.1) is 0 Å². The second-order valence-corrected chi connectivity index (χ2v) is 5.40. The molecule has 0 saturated carbocycles. The zero-order valence-corrected chi connectivity index (χ0v) is 11.6. The molecule has 1 aromatic heterocycles. The van der Waals surface area contributed by atoms with Gasteiger partial charge in [0.25, 0.3) is 5.69 Å². The first-order valence-electron chi connectivity index (χ1n) is 7.08. The summed E-state index contributed by atoms with van der Waals surface area (Å²) in [5, 5.41) is 21.3. The number of rotatable bonds is 3. The number of nitrogens with zero attached hydrogens (tertiary/aromatic N) is 3. The van der Waals surface area contributed by atoms with Crippen molar-refractivity contribution in [2.24, 2.45) is 5.92 Å². The van der Waals surface area contributed by atoms with E-state index < -0.39 is 4.92 Å². The van der Waals surface area contributed by atoms with Gasteiger partial charge >= 0.3 is 0 Å². The minimum absolute atomic E-state index is 0.0325. The fourth-order valence-corrected chi connectivity index (χ4v) is 3.00. The van der Waals surface area contributed by atoms with Crippen LogP contribution in [0.1, 0.15) is 12.8 Å². The van der Waals surface area contributed by atoms with Gasteiger partial charge in [0, 0.05) is 43.0 Å². The van der Waals surface area contributed by atoms with E-state index in [0.717, 1.165) is 37.0 Å². The van der Waals surface area contributed by atoms with Gasteiger partial charge in [-0.05, 0) is 24.8 Å². The minimum atomic E-state index is -0.397. The molecule has 1 N–H and O–H groups in total. The number of benzene rings is 1. The van der Waals surface area contributed by atoms with E-state index >= 15 is 0 Å². The second-order valence-electron chi connectivity index (χ2n) is 5.40. The molecule has 0 amide bonds. The number of nitro groups is 1. The molecule has 3 rings (SSSR count). The van der Waals surface area contributed by atoms with Crippen LogP contribution in [0, 0.1) is 16.0 Å². The molecule has 2 aromatic rings. The number of anilines is 1. The number of fused-ring (bicyclic) bond motifs is 1. The summed E-state index contributed by atoms with van der Waals surface area (Å²) >= 11 is 0. The van der Waals surface area contributed by atoms with Crippen molar-refractivity contribution in [3.05, 3.63) is 40.6 Å². The molecule has 1 aliphatic rings. The lowest BCUT2D eigenvalue weighted by atomic mass is 9.98. The number of para-hydroxylation sites is 1. The van der Waals surface area contributed by atoms with Gasteiger partial charge in [0.2, 0.25) is 0 Å². The molecule has 1 fully saturated rings. The van der Waals surface area contributed by atoms with E-state index in [0.29, 0.717) is 5.52 Å². The van der Waals surface area contributed by atoms with E-state index in [1.54, 1.807) is 12.3 Å². The van der Waals surface area contributed by atoms with Gasteiger partial charge in [-0.2, -0.15) is 0 Å². The standard InChI is InChI=1S/C15H17N3O3/c19-10-11-3-2-8-17(9-11)13-6-7-16-15-12(13)4-1-5-14(15)18(20)21/h1,4-7,11,19H,2-3,8-10H2. The summed E-state index contributed by atoms with van der Waals surface area (Å²) in [6, 6.07) is 6.93. The van der Waals surface area contributed by atoms with E-state index in [2.05, 4.69) is 9.88 Å². The highest BCUT2D eigenvalue weighted by atomic mass is 16.6. The molecule has 110 valence electrons. The molecular weight excluding hydrogens is 270 g/mol. The van der Waals surface area contributed by atoms with Crippen LogP contribution in [0.25, 0.3) is 10.9 Å². The van der Waals surface area contributed by atoms with Gasteiger partial charge in [-0.1, -0.05) is 12.1 Å². The zero-order valence-electron chi connectivity index (χ0n) is 11.6. The third-order valence-electron chi connectivity index (χ3n) is 4.04. The second kappa shape index (κ2) is 5.65. The highest BCUT2D eigenvalue weighted by Crippen LogP contribution is 2.32. The molecule has 0 spiro atoms. The van der Waals surface area contributed by atoms with Crippen LogP contribution < -0.4 is 4.90 Å². The molecule has 6 heteroatoms. The lowest BCUT2D eigenvalue weighted by molar-refractivity contribution is -0.383. The first-order valence-corrected chi connectivity index (χ1v) is 7.08. The summed E-state index contributed by atoms with van der Waals surface area (Å²) in [6.07, 6.45) is 3.66. The number of non-ortho nitro benzene ring substituents is 1. The van der Waals surface area contributed by atoms with Gasteiger partial charge in [-0.3, -0.25) is 10.1 Å². The monoisotopic (exact) mass is 287 g/mol. The summed E-state index contributed by atoms with van der Waals surface area (Å²) < 4.78 is 0. The summed E-state index contributed by atoms with van der Waals surface area (Å²) in [5.41, 5.74) is 1.41. The fraction of sp³-hybridized carbons (Fsp3) is 0.400. The van der Waals surface area contributed by atoms with E-state index in [1.807, 2.05) is 12.1 Å². The third-order valence-corrected chi connectivity index (χ3v) is 4.04. The molecule has 0 bridgehead atoms. The molecule has 1 atom stereocenters. The molecule has 1 unspecified atom stereocenters. The number of aliphatic hydroxyl groups excluding tert-OH is 1. The van der Waals surface area contributed by atoms with Crippen molar-refractivity contribution >= 4 is 22.3 Å². The van der Waals surface area contributed by atoms with Crippen LogP contribution in [0.2, 0.25) is 0 Å². The number of hydrogen-bond acceptors (Lipinski definition) is 5. The summed E-state index contributed by atoms with van der Waals surface area (Å²) in [6.45, 7) is 1.86. The largest absolute Gasteiger partial charge is 0.396 e. The lowest BCUT2D eigenvalue weighted by Gasteiger charge is -2.34. The first-order chi connectivity index (χ1) is 10.2. The maximum atomic E-state index is 11.1. The van der Waals surface area contributed by atoms with Crippen molar-refractivity contribution in [3.63, 3.8) is 0 Å². The van der Waals surface area contributed by atoms with E-state index in [9.17, 15) is 15.2 Å². The molecule has 0 radical (unpaired) electrons. The van der Waals surface area contributed by atoms with Crippen LogP contribution in [0.4, 0.5) is 11.4 Å². The lowest BCUT2D eigenvalue weighted by Crippen LogP contribution is -2.36. The van der Waals surface area contributed by atoms with Gasteiger partial charge < -0.3 is 10.0 Å². The zero-order chi connectivity index (χ0) is 14.8. The molecule has 0 aliphatic carbocycles. The minimum Gasteiger partial charge on any atom is -0.396 e. The highest BCUT2D eigenvalue weighted by Gasteiger charge is 2.22. The maximum Gasteiger partial charge on any atom is 0.295 e. The quantitative estimate of drug-likeness (QED) is 0.692. The summed E-state index contributed by atoms with van der Waals surface area (Å²) in [4.78, 5) is 17.1. The summed E-state index contributed by atoms with van der Waals surface area (Å²) in [5.74, 6) is 0.265. The molecular formula is C15H17N3O3. The smallest absolute Gasteiger partial charge is 0.295 e. The van der Waals surface area contributed by atoms with E-state index in [-0.39, 0.29) is 18.2 Å². The van der Waals surface area contributed by atoms with Crippen molar-refractivity contribution in [3.8, 4) is 0 Å². The maximum absolute atomic E-state index is 11.1. The normalized spacial score (nSPS) is 18.9. The van der Waals surface area contributed by atoms with Gasteiger partial charge in [0.15, 0.2) is 0 Å². The van der Waals surface area contributed by atoms with Crippen LogP contribution in [0.3, 0.4) is 0 Å². The highest BCUT2D eigenvalue weighted by molar-refractivity contribution is 5.96. The number of piperidine rings is 1. The Kier molecular flexibility index (Phi) is 3.70. The van der Waals surface area contributed by atoms with Crippen molar-refractivity contribution in [2.75, 3.05) is 24.6 Å². The van der Waals surface area contributed by atoms with Crippen molar-refractivity contribution in [1.82, 2.24) is 4.98 Å². The summed E-state index contributed by atoms with van der Waals surface area (Å²) in [7, 11) is 0. The van der Waals surface area contributed by atoms with Crippen LogP contribution in [-0.2, 0) is 0 Å². The first kappa shape index (κ1) is 13.8.